The standard InChI is InChI=1S/C15H31N5.HI/c1-4-16-15(18-12-14-5-6-14)17-11-13(2)20-9-7-19(3)8-10-20;/h13-14H,4-12H2,1-3H3,(H2,16,17,18);1H. The van der Waals surface area contributed by atoms with Gasteiger partial charge in [-0.25, -0.2) is 0 Å². The SMILES string of the molecule is CCNC(=NCC(C)N1CCN(C)CC1)NCC1CC1.I. The summed E-state index contributed by atoms with van der Waals surface area (Å²) in [4.78, 5) is 9.69. The quantitative estimate of drug-likeness (QED) is 0.393. The smallest absolute Gasteiger partial charge is 0.191 e. The predicted octanol–water partition coefficient (Wildman–Crippen LogP) is 1.21. The van der Waals surface area contributed by atoms with Crippen molar-refractivity contribution in [2.75, 3.05) is 52.9 Å². The van der Waals surface area contributed by atoms with Crippen molar-refractivity contribution in [3.8, 4) is 0 Å². The van der Waals surface area contributed by atoms with Gasteiger partial charge in [0.15, 0.2) is 5.96 Å². The third kappa shape index (κ3) is 7.15. The number of nitrogens with zero attached hydrogens (tertiary/aromatic N) is 3. The van der Waals surface area contributed by atoms with Gasteiger partial charge in [-0.3, -0.25) is 9.89 Å². The zero-order chi connectivity index (χ0) is 14.4. The van der Waals surface area contributed by atoms with Crippen LogP contribution in [-0.2, 0) is 0 Å². The van der Waals surface area contributed by atoms with Gasteiger partial charge in [-0.05, 0) is 39.7 Å². The second-order valence-corrected chi connectivity index (χ2v) is 6.23. The van der Waals surface area contributed by atoms with Gasteiger partial charge in [0.25, 0.3) is 0 Å². The predicted molar refractivity (Wildman–Crippen MR) is 101 cm³/mol. The zero-order valence-electron chi connectivity index (χ0n) is 13.8. The molecule has 1 atom stereocenters. The number of nitrogens with one attached hydrogen (secondary N) is 2. The van der Waals surface area contributed by atoms with E-state index in [9.17, 15) is 0 Å². The minimum atomic E-state index is 0. The number of hydrogen-bond donors (Lipinski definition) is 2. The van der Waals surface area contributed by atoms with Crippen molar-refractivity contribution in [3.05, 3.63) is 0 Å². The Morgan fingerprint density at radius 2 is 1.86 bits per heavy atom. The molecule has 0 spiro atoms. The lowest BCUT2D eigenvalue weighted by Gasteiger charge is -2.35. The van der Waals surface area contributed by atoms with Crippen LogP contribution in [0.15, 0.2) is 4.99 Å². The molecule has 0 bridgehead atoms. The van der Waals surface area contributed by atoms with E-state index in [-0.39, 0.29) is 24.0 Å². The highest BCUT2D eigenvalue weighted by Crippen LogP contribution is 2.27. The highest BCUT2D eigenvalue weighted by molar-refractivity contribution is 14.0. The summed E-state index contributed by atoms with van der Waals surface area (Å²) in [6.45, 7) is 12.0. The molecule has 2 aliphatic rings. The Bertz CT molecular complexity index is 311. The topological polar surface area (TPSA) is 42.9 Å². The molecule has 2 N–H and O–H groups in total. The van der Waals surface area contributed by atoms with Crippen LogP contribution >= 0.6 is 24.0 Å². The second kappa shape index (κ2) is 9.84. The van der Waals surface area contributed by atoms with Crippen LogP contribution in [-0.4, -0.2) is 74.7 Å². The van der Waals surface area contributed by atoms with Crippen LogP contribution in [0.1, 0.15) is 26.7 Å². The monoisotopic (exact) mass is 409 g/mol. The van der Waals surface area contributed by atoms with Gasteiger partial charge in [0.2, 0.25) is 0 Å². The summed E-state index contributed by atoms with van der Waals surface area (Å²) in [5.74, 6) is 1.87. The van der Waals surface area contributed by atoms with Gasteiger partial charge in [-0.1, -0.05) is 0 Å². The molecule has 0 aromatic rings. The van der Waals surface area contributed by atoms with Gasteiger partial charge < -0.3 is 15.5 Å². The number of aliphatic imine (C=N–C) groups is 1. The van der Waals surface area contributed by atoms with Crippen molar-refractivity contribution < 1.29 is 0 Å². The van der Waals surface area contributed by atoms with Crippen LogP contribution in [0.3, 0.4) is 0 Å². The van der Waals surface area contributed by atoms with Crippen molar-refractivity contribution in [2.24, 2.45) is 10.9 Å². The summed E-state index contributed by atoms with van der Waals surface area (Å²) >= 11 is 0. The largest absolute Gasteiger partial charge is 0.357 e. The molecule has 21 heavy (non-hydrogen) atoms. The fraction of sp³-hybridized carbons (Fsp3) is 0.933. The summed E-state index contributed by atoms with van der Waals surface area (Å²) in [5.41, 5.74) is 0. The molecule has 0 amide bonds. The molecule has 1 saturated carbocycles. The number of likely N-dealkylation sites (N-methyl/N-ethyl adjacent to an activating group) is 1. The molecule has 2 rings (SSSR count). The maximum atomic E-state index is 4.75. The van der Waals surface area contributed by atoms with Crippen LogP contribution in [0.5, 0.6) is 0 Å². The van der Waals surface area contributed by atoms with Crippen molar-refractivity contribution in [1.29, 1.82) is 0 Å². The molecule has 124 valence electrons. The van der Waals surface area contributed by atoms with Crippen LogP contribution in [0.4, 0.5) is 0 Å². The third-order valence-electron chi connectivity index (χ3n) is 4.27. The molecule has 1 aliphatic heterocycles. The summed E-state index contributed by atoms with van der Waals surface area (Å²) in [6, 6.07) is 0.528. The molecule has 0 radical (unpaired) electrons. The van der Waals surface area contributed by atoms with Gasteiger partial charge in [0, 0.05) is 45.3 Å². The summed E-state index contributed by atoms with van der Waals surface area (Å²) < 4.78 is 0. The molecular weight excluding hydrogens is 377 g/mol. The number of halogens is 1. The van der Waals surface area contributed by atoms with E-state index in [1.165, 1.54) is 39.0 Å². The molecule has 6 heteroatoms. The molecule has 1 aliphatic carbocycles. The van der Waals surface area contributed by atoms with E-state index in [0.29, 0.717) is 6.04 Å². The molecule has 1 saturated heterocycles. The molecule has 0 aromatic heterocycles. The number of guanidine groups is 1. The normalized spacial score (nSPS) is 22.5. The van der Waals surface area contributed by atoms with Gasteiger partial charge in [-0.2, -0.15) is 0 Å². The van der Waals surface area contributed by atoms with E-state index in [4.69, 9.17) is 4.99 Å². The zero-order valence-corrected chi connectivity index (χ0v) is 16.1. The first-order chi connectivity index (χ1) is 9.69. The van der Waals surface area contributed by atoms with Crippen LogP contribution in [0.2, 0.25) is 0 Å². The number of rotatable bonds is 6. The molecule has 2 fully saturated rings. The Balaban J connectivity index is 0.00000220. The minimum Gasteiger partial charge on any atom is -0.357 e. The Morgan fingerprint density at radius 3 is 2.43 bits per heavy atom. The van der Waals surface area contributed by atoms with E-state index in [1.807, 2.05) is 0 Å². The lowest BCUT2D eigenvalue weighted by atomic mass is 10.2. The Kier molecular flexibility index (Phi) is 8.89. The highest BCUT2D eigenvalue weighted by Gasteiger charge is 2.21. The number of hydrogen-bond acceptors (Lipinski definition) is 3. The van der Waals surface area contributed by atoms with E-state index in [1.54, 1.807) is 0 Å². The van der Waals surface area contributed by atoms with Crippen molar-refractivity contribution >= 4 is 29.9 Å². The molecule has 5 nitrogen and oxygen atoms in total. The minimum absolute atomic E-state index is 0. The van der Waals surface area contributed by atoms with Crippen LogP contribution in [0, 0.1) is 5.92 Å². The fourth-order valence-corrected chi connectivity index (χ4v) is 2.51. The summed E-state index contributed by atoms with van der Waals surface area (Å²) in [5, 5.41) is 6.80. The second-order valence-electron chi connectivity index (χ2n) is 6.23. The lowest BCUT2D eigenvalue weighted by molar-refractivity contribution is 0.122. The van der Waals surface area contributed by atoms with Gasteiger partial charge >= 0.3 is 0 Å². The Morgan fingerprint density at radius 1 is 1.19 bits per heavy atom. The maximum Gasteiger partial charge on any atom is 0.191 e. The van der Waals surface area contributed by atoms with E-state index >= 15 is 0 Å². The first kappa shape index (κ1) is 19.0. The van der Waals surface area contributed by atoms with E-state index < -0.39 is 0 Å². The average molecular weight is 409 g/mol. The van der Waals surface area contributed by atoms with Crippen molar-refractivity contribution in [3.63, 3.8) is 0 Å². The first-order valence-electron chi connectivity index (χ1n) is 8.13. The maximum absolute atomic E-state index is 4.75. The van der Waals surface area contributed by atoms with Gasteiger partial charge in [0.1, 0.15) is 0 Å². The highest BCUT2D eigenvalue weighted by atomic mass is 127. The third-order valence-corrected chi connectivity index (χ3v) is 4.27. The first-order valence-corrected chi connectivity index (χ1v) is 8.13. The lowest BCUT2D eigenvalue weighted by Crippen LogP contribution is -2.49. The molecule has 0 aromatic carbocycles. The van der Waals surface area contributed by atoms with E-state index in [0.717, 1.165) is 31.5 Å². The van der Waals surface area contributed by atoms with Crippen molar-refractivity contribution in [1.82, 2.24) is 20.4 Å². The summed E-state index contributed by atoms with van der Waals surface area (Å²) in [6.07, 6.45) is 2.76. The van der Waals surface area contributed by atoms with Gasteiger partial charge in [-0.15, -0.1) is 24.0 Å². The summed E-state index contributed by atoms with van der Waals surface area (Å²) in [7, 11) is 2.20. The van der Waals surface area contributed by atoms with Crippen LogP contribution < -0.4 is 10.6 Å². The number of piperazine rings is 1. The van der Waals surface area contributed by atoms with Crippen molar-refractivity contribution in [2.45, 2.75) is 32.7 Å². The fourth-order valence-electron chi connectivity index (χ4n) is 2.51. The molecule has 1 unspecified atom stereocenters. The van der Waals surface area contributed by atoms with E-state index in [2.05, 4.69) is 41.3 Å². The average Bonchev–Trinajstić information content (AvgIpc) is 3.26. The Labute approximate surface area is 146 Å². The van der Waals surface area contributed by atoms with Gasteiger partial charge in [0.05, 0.1) is 6.54 Å². The van der Waals surface area contributed by atoms with Crippen LogP contribution in [0.25, 0.3) is 0 Å². The Hall–Kier alpha value is -0.0800. The molecular formula is C15H32IN5. The molecule has 1 heterocycles.